The molecule has 1 fully saturated rings. The van der Waals surface area contributed by atoms with Gasteiger partial charge in [-0.2, -0.15) is 0 Å². The Morgan fingerprint density at radius 3 is 3.00 bits per heavy atom. The lowest BCUT2D eigenvalue weighted by Crippen LogP contribution is -2.35. The first-order chi connectivity index (χ1) is 8.63. The zero-order valence-corrected chi connectivity index (χ0v) is 11.1. The van der Waals surface area contributed by atoms with Gasteiger partial charge in [0.1, 0.15) is 6.33 Å². The van der Waals surface area contributed by atoms with Crippen molar-refractivity contribution in [1.29, 1.82) is 0 Å². The summed E-state index contributed by atoms with van der Waals surface area (Å²) in [4.78, 5) is 10.2. The highest BCUT2D eigenvalue weighted by Gasteiger charge is 2.29. The van der Waals surface area contributed by atoms with Gasteiger partial charge in [-0.25, -0.2) is 14.4 Å². The van der Waals surface area contributed by atoms with Crippen LogP contribution < -0.4 is 10.6 Å². The molecule has 0 aromatic carbocycles. The van der Waals surface area contributed by atoms with Crippen molar-refractivity contribution in [3.05, 3.63) is 17.8 Å². The maximum Gasteiger partial charge on any atom is 0.187 e. The van der Waals surface area contributed by atoms with E-state index in [0.29, 0.717) is 24.0 Å². The number of halogens is 1. The summed E-state index contributed by atoms with van der Waals surface area (Å²) in [6, 6.07) is 0.435. The van der Waals surface area contributed by atoms with Gasteiger partial charge in [-0.15, -0.1) is 0 Å². The van der Waals surface area contributed by atoms with E-state index in [1.165, 1.54) is 6.33 Å². The Bertz CT molecular complexity index is 408. The predicted octanol–water partition coefficient (Wildman–Crippen LogP) is 1.88. The summed E-state index contributed by atoms with van der Waals surface area (Å²) in [5.41, 5.74) is 6.35. The molecule has 2 atom stereocenters. The molecule has 0 spiro atoms. The Hall–Kier alpha value is -1.23. The van der Waals surface area contributed by atoms with E-state index in [2.05, 4.69) is 14.9 Å². The molecule has 5 heteroatoms. The van der Waals surface area contributed by atoms with Gasteiger partial charge in [-0.05, 0) is 32.6 Å². The van der Waals surface area contributed by atoms with Gasteiger partial charge < -0.3 is 10.6 Å². The van der Waals surface area contributed by atoms with Crippen molar-refractivity contribution >= 4 is 5.82 Å². The number of nitrogens with two attached hydrogens (primary N) is 1. The molecule has 18 heavy (non-hydrogen) atoms. The van der Waals surface area contributed by atoms with Gasteiger partial charge in [0.15, 0.2) is 11.6 Å². The fourth-order valence-corrected chi connectivity index (χ4v) is 2.63. The van der Waals surface area contributed by atoms with E-state index in [0.717, 1.165) is 25.8 Å². The van der Waals surface area contributed by atoms with Crippen LogP contribution in [0.3, 0.4) is 0 Å². The zero-order valence-electron chi connectivity index (χ0n) is 11.1. The largest absolute Gasteiger partial charge is 0.351 e. The van der Waals surface area contributed by atoms with E-state index in [1.807, 2.05) is 13.8 Å². The van der Waals surface area contributed by atoms with Crippen molar-refractivity contribution < 1.29 is 4.39 Å². The molecule has 100 valence electrons. The Kier molecular flexibility index (Phi) is 4.11. The maximum absolute atomic E-state index is 14.2. The summed E-state index contributed by atoms with van der Waals surface area (Å²) in [5.74, 6) is 0.182. The Balaban J connectivity index is 2.24. The first kappa shape index (κ1) is 13.2. The molecule has 2 unspecified atom stereocenters. The van der Waals surface area contributed by atoms with E-state index in [9.17, 15) is 4.39 Å². The first-order valence-electron chi connectivity index (χ1n) is 6.65. The van der Waals surface area contributed by atoms with E-state index < -0.39 is 0 Å². The second-order valence-electron chi connectivity index (χ2n) is 5.01. The smallest absolute Gasteiger partial charge is 0.187 e. The standard InChI is InChI=1S/C13H21FN4/c1-3-11-12(14)13(17-8-16-11)18-6-4-5-10(18)7-9(2)15/h8-10H,3-7,15H2,1-2H3. The van der Waals surface area contributed by atoms with Crippen LogP contribution in [0.2, 0.25) is 0 Å². The van der Waals surface area contributed by atoms with Crippen LogP contribution in [-0.2, 0) is 6.42 Å². The average Bonchev–Trinajstić information content (AvgIpc) is 2.76. The number of rotatable bonds is 4. The second-order valence-corrected chi connectivity index (χ2v) is 5.01. The molecular weight excluding hydrogens is 231 g/mol. The molecule has 1 aliphatic heterocycles. The van der Waals surface area contributed by atoms with Gasteiger partial charge in [-0.1, -0.05) is 6.92 Å². The van der Waals surface area contributed by atoms with E-state index in [1.54, 1.807) is 0 Å². The number of hydrogen-bond acceptors (Lipinski definition) is 4. The van der Waals surface area contributed by atoms with Crippen molar-refractivity contribution in [3.63, 3.8) is 0 Å². The van der Waals surface area contributed by atoms with Crippen molar-refractivity contribution in [2.75, 3.05) is 11.4 Å². The number of aromatic nitrogens is 2. The summed E-state index contributed by atoms with van der Waals surface area (Å²) in [6.45, 7) is 4.75. The number of aryl methyl sites for hydroxylation is 1. The summed E-state index contributed by atoms with van der Waals surface area (Å²) >= 11 is 0. The van der Waals surface area contributed by atoms with Gasteiger partial charge >= 0.3 is 0 Å². The Morgan fingerprint density at radius 1 is 1.56 bits per heavy atom. The SMILES string of the molecule is CCc1ncnc(N2CCCC2CC(C)N)c1F. The lowest BCUT2D eigenvalue weighted by Gasteiger charge is -2.27. The van der Waals surface area contributed by atoms with Crippen LogP contribution in [-0.4, -0.2) is 28.6 Å². The fraction of sp³-hybridized carbons (Fsp3) is 0.692. The molecule has 0 saturated carbocycles. The van der Waals surface area contributed by atoms with Crippen LogP contribution in [0, 0.1) is 5.82 Å². The highest BCUT2D eigenvalue weighted by atomic mass is 19.1. The van der Waals surface area contributed by atoms with Gasteiger partial charge in [0, 0.05) is 18.6 Å². The minimum Gasteiger partial charge on any atom is -0.351 e. The van der Waals surface area contributed by atoms with Crippen LogP contribution in [0.25, 0.3) is 0 Å². The van der Waals surface area contributed by atoms with E-state index in [4.69, 9.17) is 5.73 Å². The monoisotopic (exact) mass is 252 g/mol. The van der Waals surface area contributed by atoms with Gasteiger partial charge in [-0.3, -0.25) is 0 Å². The van der Waals surface area contributed by atoms with Crippen LogP contribution in [0.1, 0.15) is 38.8 Å². The van der Waals surface area contributed by atoms with Crippen molar-refractivity contribution in [3.8, 4) is 0 Å². The highest BCUT2D eigenvalue weighted by molar-refractivity contribution is 5.43. The summed E-state index contributed by atoms with van der Waals surface area (Å²) in [6.07, 6.45) is 5.06. The maximum atomic E-state index is 14.2. The molecular formula is C13H21FN4. The normalized spacial score (nSPS) is 21.3. The van der Waals surface area contributed by atoms with Gasteiger partial charge in [0.25, 0.3) is 0 Å². The Labute approximate surface area is 107 Å². The number of anilines is 1. The quantitative estimate of drug-likeness (QED) is 0.889. The topological polar surface area (TPSA) is 55.0 Å². The van der Waals surface area contributed by atoms with Crippen molar-refractivity contribution in [2.45, 2.75) is 51.6 Å². The third-order valence-corrected chi connectivity index (χ3v) is 3.47. The van der Waals surface area contributed by atoms with Crippen LogP contribution >= 0.6 is 0 Å². The van der Waals surface area contributed by atoms with Gasteiger partial charge in [0.05, 0.1) is 5.69 Å². The molecule has 1 saturated heterocycles. The molecule has 0 bridgehead atoms. The van der Waals surface area contributed by atoms with E-state index >= 15 is 0 Å². The molecule has 0 aliphatic carbocycles. The number of hydrogen-bond donors (Lipinski definition) is 1. The average molecular weight is 252 g/mol. The van der Waals surface area contributed by atoms with Crippen LogP contribution in [0.5, 0.6) is 0 Å². The minimum atomic E-state index is -0.267. The summed E-state index contributed by atoms with van der Waals surface area (Å²) in [7, 11) is 0. The summed E-state index contributed by atoms with van der Waals surface area (Å²) < 4.78 is 14.2. The molecule has 2 rings (SSSR count). The third kappa shape index (κ3) is 2.61. The lowest BCUT2D eigenvalue weighted by atomic mass is 10.1. The van der Waals surface area contributed by atoms with Crippen LogP contribution in [0.4, 0.5) is 10.2 Å². The summed E-state index contributed by atoms with van der Waals surface area (Å²) in [5, 5.41) is 0. The molecule has 2 heterocycles. The molecule has 0 amide bonds. The zero-order chi connectivity index (χ0) is 13.1. The van der Waals surface area contributed by atoms with Crippen molar-refractivity contribution in [1.82, 2.24) is 9.97 Å². The molecule has 1 aromatic rings. The molecule has 1 aromatic heterocycles. The molecule has 1 aliphatic rings. The first-order valence-corrected chi connectivity index (χ1v) is 6.65. The molecule has 2 N–H and O–H groups in total. The lowest BCUT2D eigenvalue weighted by molar-refractivity contribution is 0.526. The molecule has 4 nitrogen and oxygen atoms in total. The highest BCUT2D eigenvalue weighted by Crippen LogP contribution is 2.28. The predicted molar refractivity (Wildman–Crippen MR) is 70.0 cm³/mol. The third-order valence-electron chi connectivity index (χ3n) is 3.47. The Morgan fingerprint density at radius 2 is 2.33 bits per heavy atom. The minimum absolute atomic E-state index is 0.131. The number of nitrogens with zero attached hydrogens (tertiary/aromatic N) is 3. The fourth-order valence-electron chi connectivity index (χ4n) is 2.63. The van der Waals surface area contributed by atoms with Crippen LogP contribution in [0.15, 0.2) is 6.33 Å². The van der Waals surface area contributed by atoms with E-state index in [-0.39, 0.29) is 11.9 Å². The molecule has 0 radical (unpaired) electrons. The second kappa shape index (κ2) is 5.61. The van der Waals surface area contributed by atoms with Gasteiger partial charge in [0.2, 0.25) is 0 Å². The van der Waals surface area contributed by atoms with Crippen molar-refractivity contribution in [2.24, 2.45) is 5.73 Å².